The van der Waals surface area contributed by atoms with Gasteiger partial charge in [-0.05, 0) is 61.7 Å². The molecule has 2 N–H and O–H groups in total. The third-order valence-corrected chi connectivity index (χ3v) is 6.96. The second-order valence-corrected chi connectivity index (χ2v) is 8.58. The minimum Gasteiger partial charge on any atom is -0.349 e. The van der Waals surface area contributed by atoms with Crippen molar-refractivity contribution in [3.63, 3.8) is 0 Å². The van der Waals surface area contributed by atoms with Crippen LogP contribution >= 0.6 is 11.3 Å². The molecule has 0 spiro atoms. The number of H-pyrrole nitrogens is 1. The van der Waals surface area contributed by atoms with Crippen molar-refractivity contribution >= 4 is 34.2 Å². The zero-order valence-corrected chi connectivity index (χ0v) is 16.3. The number of piperidine rings is 1. The second-order valence-electron chi connectivity index (χ2n) is 7.67. The molecule has 2 aromatic heterocycles. The van der Waals surface area contributed by atoms with E-state index in [0.29, 0.717) is 16.6 Å². The standard InChI is InChI=1S/C20H21N5O2S/c1-11-7-8-28-18(11)20(27)25-13-5-6-14(25)10-12(9-13)21-19(26)15-3-2-4-16-17(15)23-24-22-16/h2-4,7-8,12-14H,5-6,9-10H2,1H3,(H,21,26)(H,22,23,24). The first-order valence-corrected chi connectivity index (χ1v) is 10.5. The average Bonchev–Trinajstić information content (AvgIpc) is 3.39. The number of para-hydroxylation sites is 1. The van der Waals surface area contributed by atoms with Crippen LogP contribution in [-0.4, -0.2) is 50.3 Å². The number of hydrogen-bond donors (Lipinski definition) is 2. The Balaban J connectivity index is 1.31. The van der Waals surface area contributed by atoms with Crippen molar-refractivity contribution in [1.29, 1.82) is 0 Å². The highest BCUT2D eigenvalue weighted by atomic mass is 32.1. The lowest BCUT2D eigenvalue weighted by Crippen LogP contribution is -2.52. The van der Waals surface area contributed by atoms with Gasteiger partial charge in [-0.15, -0.1) is 11.3 Å². The number of fused-ring (bicyclic) bond motifs is 3. The number of nitrogens with one attached hydrogen (secondary N) is 2. The van der Waals surface area contributed by atoms with E-state index in [1.54, 1.807) is 6.07 Å². The molecule has 2 fully saturated rings. The minimum atomic E-state index is -0.127. The predicted octanol–water partition coefficient (Wildman–Crippen LogP) is 2.89. The van der Waals surface area contributed by atoms with Gasteiger partial charge in [-0.25, -0.2) is 0 Å². The first-order valence-electron chi connectivity index (χ1n) is 9.59. The van der Waals surface area contributed by atoms with Gasteiger partial charge < -0.3 is 10.2 Å². The molecule has 0 aliphatic carbocycles. The molecule has 28 heavy (non-hydrogen) atoms. The molecule has 2 saturated heterocycles. The van der Waals surface area contributed by atoms with E-state index in [1.807, 2.05) is 30.5 Å². The molecule has 7 nitrogen and oxygen atoms in total. The van der Waals surface area contributed by atoms with Crippen LogP contribution in [0.1, 0.15) is 51.3 Å². The highest BCUT2D eigenvalue weighted by Gasteiger charge is 2.44. The van der Waals surface area contributed by atoms with Crippen molar-refractivity contribution in [3.8, 4) is 0 Å². The summed E-state index contributed by atoms with van der Waals surface area (Å²) in [5.41, 5.74) is 2.85. The van der Waals surface area contributed by atoms with Crippen LogP contribution in [0.4, 0.5) is 0 Å². The van der Waals surface area contributed by atoms with Crippen LogP contribution in [0.15, 0.2) is 29.6 Å². The van der Waals surface area contributed by atoms with E-state index in [9.17, 15) is 9.59 Å². The summed E-state index contributed by atoms with van der Waals surface area (Å²) in [5.74, 6) is 0.0231. The van der Waals surface area contributed by atoms with Crippen LogP contribution in [0.25, 0.3) is 11.0 Å². The smallest absolute Gasteiger partial charge is 0.264 e. The molecule has 3 aromatic rings. The Kier molecular flexibility index (Phi) is 4.16. The molecular weight excluding hydrogens is 374 g/mol. The van der Waals surface area contributed by atoms with Gasteiger partial charge in [0.15, 0.2) is 0 Å². The highest BCUT2D eigenvalue weighted by Crippen LogP contribution is 2.38. The number of hydrogen-bond acceptors (Lipinski definition) is 5. The SMILES string of the molecule is Cc1ccsc1C(=O)N1C2CCC1CC(NC(=O)c1cccc3n[nH]nc13)C2. The molecule has 4 heterocycles. The number of thiophene rings is 1. The monoisotopic (exact) mass is 395 g/mol. The van der Waals surface area contributed by atoms with Crippen LogP contribution in [0.2, 0.25) is 0 Å². The zero-order chi connectivity index (χ0) is 19.3. The van der Waals surface area contributed by atoms with Crippen LogP contribution in [0, 0.1) is 6.92 Å². The van der Waals surface area contributed by atoms with Crippen LogP contribution in [0.3, 0.4) is 0 Å². The number of amides is 2. The summed E-state index contributed by atoms with van der Waals surface area (Å²) in [6.07, 6.45) is 3.61. The molecule has 2 amide bonds. The first kappa shape index (κ1) is 17.4. The van der Waals surface area contributed by atoms with E-state index < -0.39 is 0 Å². The van der Waals surface area contributed by atoms with Crippen LogP contribution in [0.5, 0.6) is 0 Å². The van der Waals surface area contributed by atoms with E-state index in [4.69, 9.17) is 0 Å². The van der Waals surface area contributed by atoms with Gasteiger partial charge in [0.05, 0.1) is 10.4 Å². The molecule has 144 valence electrons. The largest absolute Gasteiger partial charge is 0.349 e. The lowest BCUT2D eigenvalue weighted by Gasteiger charge is -2.39. The summed E-state index contributed by atoms with van der Waals surface area (Å²) in [7, 11) is 0. The summed E-state index contributed by atoms with van der Waals surface area (Å²) >= 11 is 1.52. The Morgan fingerprint density at radius 1 is 1.18 bits per heavy atom. The van der Waals surface area contributed by atoms with Gasteiger partial charge >= 0.3 is 0 Å². The van der Waals surface area contributed by atoms with Gasteiger partial charge in [0, 0.05) is 18.1 Å². The third kappa shape index (κ3) is 2.79. The van der Waals surface area contributed by atoms with Crippen LogP contribution in [-0.2, 0) is 0 Å². The normalized spacial score (nSPS) is 23.9. The quantitative estimate of drug-likeness (QED) is 0.713. The summed E-state index contributed by atoms with van der Waals surface area (Å²) in [6, 6.07) is 7.87. The summed E-state index contributed by atoms with van der Waals surface area (Å²) in [4.78, 5) is 28.8. The fourth-order valence-corrected chi connectivity index (χ4v) is 5.52. The maximum absolute atomic E-state index is 13.0. The number of rotatable bonds is 3. The Morgan fingerprint density at radius 2 is 1.96 bits per heavy atom. The minimum absolute atomic E-state index is 0.0700. The lowest BCUT2D eigenvalue weighted by atomic mass is 9.96. The van der Waals surface area contributed by atoms with Crippen molar-refractivity contribution < 1.29 is 9.59 Å². The average molecular weight is 395 g/mol. The van der Waals surface area contributed by atoms with Crippen LogP contribution < -0.4 is 5.32 Å². The van der Waals surface area contributed by atoms with Gasteiger partial charge in [-0.1, -0.05) is 6.07 Å². The number of aromatic nitrogens is 3. The molecule has 2 bridgehead atoms. The molecule has 2 unspecified atom stereocenters. The van der Waals surface area contributed by atoms with E-state index in [-0.39, 0.29) is 29.9 Å². The van der Waals surface area contributed by atoms with Gasteiger partial charge in [0.1, 0.15) is 11.0 Å². The molecule has 0 radical (unpaired) electrons. The number of aromatic amines is 1. The summed E-state index contributed by atoms with van der Waals surface area (Å²) < 4.78 is 0. The summed E-state index contributed by atoms with van der Waals surface area (Å²) in [5, 5.41) is 15.9. The van der Waals surface area contributed by atoms with Crippen molar-refractivity contribution in [2.45, 2.75) is 50.7 Å². The molecule has 2 atom stereocenters. The molecule has 1 aromatic carbocycles. The van der Waals surface area contributed by atoms with Gasteiger partial charge in [-0.3, -0.25) is 9.59 Å². The van der Waals surface area contributed by atoms with Crippen molar-refractivity contribution in [3.05, 3.63) is 45.6 Å². The van der Waals surface area contributed by atoms with Gasteiger partial charge in [0.2, 0.25) is 0 Å². The zero-order valence-electron chi connectivity index (χ0n) is 15.5. The van der Waals surface area contributed by atoms with E-state index in [0.717, 1.165) is 36.1 Å². The lowest BCUT2D eigenvalue weighted by molar-refractivity contribution is 0.0554. The molecule has 5 rings (SSSR count). The Labute approximate surface area is 166 Å². The van der Waals surface area contributed by atoms with Gasteiger partial charge in [-0.2, -0.15) is 15.4 Å². The number of aryl methyl sites for hydroxylation is 1. The topological polar surface area (TPSA) is 91.0 Å². The van der Waals surface area contributed by atoms with E-state index in [2.05, 4.69) is 25.6 Å². The second kappa shape index (κ2) is 6.70. The van der Waals surface area contributed by atoms with E-state index in [1.165, 1.54) is 11.3 Å². The van der Waals surface area contributed by atoms with Crippen molar-refractivity contribution in [1.82, 2.24) is 25.6 Å². The molecule has 2 aliphatic heterocycles. The fraction of sp³-hybridized carbons (Fsp3) is 0.400. The van der Waals surface area contributed by atoms with E-state index >= 15 is 0 Å². The molecule has 0 saturated carbocycles. The maximum atomic E-state index is 13.0. The predicted molar refractivity (Wildman–Crippen MR) is 106 cm³/mol. The first-order chi connectivity index (χ1) is 13.6. The van der Waals surface area contributed by atoms with Crippen molar-refractivity contribution in [2.75, 3.05) is 0 Å². The molecule has 2 aliphatic rings. The molecular formula is C20H21N5O2S. The molecule has 8 heteroatoms. The fourth-order valence-electron chi connectivity index (χ4n) is 4.65. The number of benzene rings is 1. The number of carbonyl (C=O) groups is 2. The number of carbonyl (C=O) groups excluding carboxylic acids is 2. The van der Waals surface area contributed by atoms with Gasteiger partial charge in [0.25, 0.3) is 11.8 Å². The highest BCUT2D eigenvalue weighted by molar-refractivity contribution is 7.12. The third-order valence-electron chi connectivity index (χ3n) is 5.95. The Bertz CT molecular complexity index is 1040. The Morgan fingerprint density at radius 3 is 2.68 bits per heavy atom. The number of nitrogens with zero attached hydrogens (tertiary/aromatic N) is 3. The Hall–Kier alpha value is -2.74. The summed E-state index contributed by atoms with van der Waals surface area (Å²) in [6.45, 7) is 1.99. The van der Waals surface area contributed by atoms with Crippen molar-refractivity contribution in [2.24, 2.45) is 0 Å². The maximum Gasteiger partial charge on any atom is 0.264 e.